The molecule has 4 N–H and O–H groups in total. The van der Waals surface area contributed by atoms with Crippen LogP contribution in [0.1, 0.15) is 0 Å². The van der Waals surface area contributed by atoms with Gasteiger partial charge in [-0.05, 0) is 0 Å². The third-order valence-electron chi connectivity index (χ3n) is 0.854. The van der Waals surface area contributed by atoms with Crippen molar-refractivity contribution in [2.75, 3.05) is 0 Å². The fraction of sp³-hybridized carbons (Fsp3) is 1.00. The molecule has 0 aliphatic heterocycles. The summed E-state index contributed by atoms with van der Waals surface area (Å²) in [5.41, 5.74) is -5.96. The Morgan fingerprint density at radius 2 is 0.917 bits per heavy atom. The van der Waals surface area contributed by atoms with Gasteiger partial charge in [0.2, 0.25) is 10.9 Å². The standard InChI is InChI=1S/C2H6O8S2/c3-1(11(5,6)7)2(4)12(8,9)10/h1-4H,(H,5,6,7)(H,8,9,10)/t1-,2-/m1/s1. The predicted molar refractivity (Wildman–Crippen MR) is 35.1 cm³/mol. The molecule has 0 spiro atoms. The summed E-state index contributed by atoms with van der Waals surface area (Å²) >= 11 is 0. The Hall–Kier alpha value is -0.260. The summed E-state index contributed by atoms with van der Waals surface area (Å²) in [4.78, 5) is 0. The van der Waals surface area contributed by atoms with E-state index in [4.69, 9.17) is 19.3 Å². The smallest absolute Gasteiger partial charge is 0.295 e. The first-order valence-electron chi connectivity index (χ1n) is 2.35. The molecule has 0 heterocycles. The minimum Gasteiger partial charge on any atom is -0.372 e. The zero-order valence-electron chi connectivity index (χ0n) is 5.39. The van der Waals surface area contributed by atoms with Crippen molar-refractivity contribution in [3.63, 3.8) is 0 Å². The van der Waals surface area contributed by atoms with Crippen molar-refractivity contribution in [3.8, 4) is 0 Å². The molecule has 0 rings (SSSR count). The van der Waals surface area contributed by atoms with Gasteiger partial charge in [0.25, 0.3) is 20.2 Å². The summed E-state index contributed by atoms with van der Waals surface area (Å²) < 4.78 is 56.0. The molecule has 0 aromatic rings. The Morgan fingerprint density at radius 1 is 0.750 bits per heavy atom. The molecule has 0 amide bonds. The molecule has 0 saturated heterocycles. The van der Waals surface area contributed by atoms with Gasteiger partial charge in [-0.1, -0.05) is 0 Å². The van der Waals surface area contributed by atoms with Crippen LogP contribution in [-0.4, -0.2) is 47.0 Å². The van der Waals surface area contributed by atoms with Crippen LogP contribution in [0.5, 0.6) is 0 Å². The van der Waals surface area contributed by atoms with Crippen molar-refractivity contribution in [2.24, 2.45) is 0 Å². The maximum absolute atomic E-state index is 9.99. The molecule has 0 aromatic heterocycles. The van der Waals surface area contributed by atoms with Gasteiger partial charge in [0.05, 0.1) is 0 Å². The Labute approximate surface area is 67.9 Å². The maximum Gasteiger partial charge on any atom is 0.295 e. The normalized spacial score (nSPS) is 18.7. The summed E-state index contributed by atoms with van der Waals surface area (Å²) in [6.07, 6.45) is 0. The number of hydrogen-bond donors (Lipinski definition) is 4. The summed E-state index contributed by atoms with van der Waals surface area (Å²) in [6, 6.07) is 0. The van der Waals surface area contributed by atoms with Gasteiger partial charge in [0.15, 0.2) is 0 Å². The van der Waals surface area contributed by atoms with E-state index in [0.29, 0.717) is 0 Å². The molecular weight excluding hydrogens is 216 g/mol. The highest BCUT2D eigenvalue weighted by Crippen LogP contribution is 2.06. The highest BCUT2D eigenvalue weighted by molar-refractivity contribution is 7.90. The monoisotopic (exact) mass is 222 g/mol. The van der Waals surface area contributed by atoms with Gasteiger partial charge in [-0.3, -0.25) is 9.11 Å². The minimum absolute atomic E-state index is 2.98. The molecule has 0 aliphatic rings. The van der Waals surface area contributed by atoms with Crippen molar-refractivity contribution < 1.29 is 36.2 Å². The fourth-order valence-corrected chi connectivity index (χ4v) is 1.73. The van der Waals surface area contributed by atoms with E-state index in [0.717, 1.165) is 0 Å². The molecule has 10 heteroatoms. The van der Waals surface area contributed by atoms with E-state index in [9.17, 15) is 16.8 Å². The van der Waals surface area contributed by atoms with E-state index in [-0.39, 0.29) is 0 Å². The molecule has 0 aromatic carbocycles. The molecule has 0 bridgehead atoms. The minimum atomic E-state index is -5.12. The van der Waals surface area contributed by atoms with Crippen molar-refractivity contribution in [1.82, 2.24) is 0 Å². The Morgan fingerprint density at radius 3 is 1.00 bits per heavy atom. The van der Waals surface area contributed by atoms with Gasteiger partial charge < -0.3 is 10.2 Å². The highest BCUT2D eigenvalue weighted by Gasteiger charge is 2.37. The molecular formula is C2H6O8S2. The van der Waals surface area contributed by atoms with Crippen molar-refractivity contribution >= 4 is 20.2 Å². The van der Waals surface area contributed by atoms with Crippen LogP contribution >= 0.6 is 0 Å². The number of rotatable bonds is 3. The molecule has 0 saturated carbocycles. The van der Waals surface area contributed by atoms with Crippen molar-refractivity contribution in [2.45, 2.75) is 10.9 Å². The lowest BCUT2D eigenvalue weighted by molar-refractivity contribution is 0.107. The second-order valence-corrected chi connectivity index (χ2v) is 4.84. The first-order valence-corrected chi connectivity index (χ1v) is 5.36. The summed E-state index contributed by atoms with van der Waals surface area (Å²) in [5, 5.41) is 16.7. The van der Waals surface area contributed by atoms with Crippen LogP contribution in [0, 0.1) is 0 Å². The van der Waals surface area contributed by atoms with E-state index in [1.165, 1.54) is 0 Å². The van der Waals surface area contributed by atoms with E-state index in [1.807, 2.05) is 0 Å². The summed E-state index contributed by atoms with van der Waals surface area (Å²) in [6.45, 7) is 0. The lowest BCUT2D eigenvalue weighted by Crippen LogP contribution is -2.38. The molecule has 0 radical (unpaired) electrons. The van der Waals surface area contributed by atoms with Crippen LogP contribution in [-0.2, 0) is 20.2 Å². The first kappa shape index (κ1) is 11.7. The quantitative estimate of drug-likeness (QED) is 0.379. The lowest BCUT2D eigenvalue weighted by atomic mass is 10.8. The molecule has 8 nitrogen and oxygen atoms in total. The van der Waals surface area contributed by atoms with Crippen LogP contribution in [0.25, 0.3) is 0 Å². The zero-order chi connectivity index (χ0) is 10.2. The number of aliphatic hydroxyl groups is 2. The van der Waals surface area contributed by atoms with Crippen LogP contribution in [0.3, 0.4) is 0 Å². The third kappa shape index (κ3) is 3.00. The van der Waals surface area contributed by atoms with E-state index < -0.39 is 31.1 Å². The molecule has 2 atom stereocenters. The SMILES string of the molecule is O=S(=O)(O)[C@@H](O)[C@H](O)S(=O)(=O)O. The zero-order valence-corrected chi connectivity index (χ0v) is 7.03. The maximum atomic E-state index is 9.99. The molecule has 74 valence electrons. The lowest BCUT2D eigenvalue weighted by Gasteiger charge is -2.10. The largest absolute Gasteiger partial charge is 0.372 e. The third-order valence-corrected chi connectivity index (χ3v) is 2.76. The number of hydrogen-bond acceptors (Lipinski definition) is 6. The Kier molecular flexibility index (Phi) is 3.17. The predicted octanol–water partition coefficient (Wildman–Crippen LogP) is -2.60. The number of aliphatic hydroxyl groups excluding tert-OH is 2. The van der Waals surface area contributed by atoms with Crippen LogP contribution in [0.15, 0.2) is 0 Å². The second-order valence-electron chi connectivity index (χ2n) is 1.81. The van der Waals surface area contributed by atoms with Gasteiger partial charge in [-0.25, -0.2) is 0 Å². The average Bonchev–Trinajstić information content (AvgIpc) is 1.80. The first-order chi connectivity index (χ1) is 5.07. The van der Waals surface area contributed by atoms with Crippen molar-refractivity contribution in [1.29, 1.82) is 0 Å². The van der Waals surface area contributed by atoms with Crippen LogP contribution in [0.4, 0.5) is 0 Å². The van der Waals surface area contributed by atoms with Gasteiger partial charge in [-0.2, -0.15) is 16.8 Å². The van der Waals surface area contributed by atoms with Crippen molar-refractivity contribution in [3.05, 3.63) is 0 Å². The van der Waals surface area contributed by atoms with Crippen LogP contribution < -0.4 is 0 Å². The Balaban J connectivity index is 4.89. The van der Waals surface area contributed by atoms with E-state index >= 15 is 0 Å². The van der Waals surface area contributed by atoms with E-state index in [1.54, 1.807) is 0 Å². The molecule has 0 aliphatic carbocycles. The topological polar surface area (TPSA) is 149 Å². The molecule has 0 fully saturated rings. The van der Waals surface area contributed by atoms with Gasteiger partial charge in [0, 0.05) is 0 Å². The van der Waals surface area contributed by atoms with Gasteiger partial charge in [0.1, 0.15) is 0 Å². The molecule has 0 unspecified atom stereocenters. The Bertz CT molecular complexity index is 299. The molecule has 12 heavy (non-hydrogen) atoms. The van der Waals surface area contributed by atoms with Gasteiger partial charge >= 0.3 is 0 Å². The average molecular weight is 222 g/mol. The summed E-state index contributed by atoms with van der Waals surface area (Å²) in [5.74, 6) is 0. The fourth-order valence-electron chi connectivity index (χ4n) is 0.294. The van der Waals surface area contributed by atoms with Crippen LogP contribution in [0.2, 0.25) is 0 Å². The van der Waals surface area contributed by atoms with Gasteiger partial charge in [-0.15, -0.1) is 0 Å². The highest BCUT2D eigenvalue weighted by atomic mass is 32.2. The van der Waals surface area contributed by atoms with E-state index in [2.05, 4.69) is 0 Å². The summed E-state index contributed by atoms with van der Waals surface area (Å²) in [7, 11) is -10.2. The second kappa shape index (κ2) is 3.24.